The number of rotatable bonds is 9. The summed E-state index contributed by atoms with van der Waals surface area (Å²) in [5.41, 5.74) is 0.458. The first kappa shape index (κ1) is 23.2. The number of nitriles is 1. The highest BCUT2D eigenvalue weighted by atomic mass is 32.1. The van der Waals surface area contributed by atoms with Crippen molar-refractivity contribution < 1.29 is 9.53 Å². The van der Waals surface area contributed by atoms with Gasteiger partial charge in [0.15, 0.2) is 5.57 Å². The van der Waals surface area contributed by atoms with Crippen LogP contribution in [0.3, 0.4) is 0 Å². The third kappa shape index (κ3) is 5.95. The zero-order valence-corrected chi connectivity index (χ0v) is 18.5. The van der Waals surface area contributed by atoms with E-state index < -0.39 is 5.91 Å². The van der Waals surface area contributed by atoms with Crippen molar-refractivity contribution in [1.82, 2.24) is 14.8 Å². The van der Waals surface area contributed by atoms with Gasteiger partial charge in [-0.25, -0.2) is 0 Å². The molecule has 9 heteroatoms. The lowest BCUT2D eigenvalue weighted by atomic mass is 10.3. The third-order valence-electron chi connectivity index (χ3n) is 4.13. The number of benzene rings is 1. The molecule has 0 aliphatic heterocycles. The molecule has 0 aliphatic rings. The van der Waals surface area contributed by atoms with E-state index in [1.165, 1.54) is 4.57 Å². The molecule has 1 amide bonds. The monoisotopic (exact) mass is 429 g/mol. The van der Waals surface area contributed by atoms with Gasteiger partial charge in [0.2, 0.25) is 0 Å². The molecule has 0 saturated heterocycles. The normalized spacial score (nSPS) is 12.5. The lowest BCUT2D eigenvalue weighted by Gasteiger charge is -2.11. The third-order valence-corrected chi connectivity index (χ3v) is 5.26. The van der Waals surface area contributed by atoms with Crippen molar-refractivity contribution in [3.05, 3.63) is 43.8 Å². The summed E-state index contributed by atoms with van der Waals surface area (Å²) in [7, 11) is 3.96. The molecule has 1 heterocycles. The van der Waals surface area contributed by atoms with E-state index in [0.717, 1.165) is 29.3 Å². The van der Waals surface area contributed by atoms with Crippen molar-refractivity contribution >= 4 is 34.7 Å². The number of nitrogens with one attached hydrogen (secondary N) is 2. The second kappa shape index (κ2) is 11.2. The fraction of sp³-hybridized carbons (Fsp3) is 0.381. The maximum atomic E-state index is 12.7. The second-order valence-corrected chi connectivity index (χ2v) is 7.67. The van der Waals surface area contributed by atoms with Crippen LogP contribution in [-0.2, 0) is 11.3 Å². The van der Waals surface area contributed by atoms with Crippen LogP contribution in [0.2, 0.25) is 0 Å². The molecular weight excluding hydrogens is 402 g/mol. The molecule has 30 heavy (non-hydrogen) atoms. The highest BCUT2D eigenvalue weighted by Crippen LogP contribution is 2.17. The minimum absolute atomic E-state index is 0.0586. The van der Waals surface area contributed by atoms with Crippen LogP contribution in [0.25, 0.3) is 11.8 Å². The summed E-state index contributed by atoms with van der Waals surface area (Å²) in [6.45, 7) is 5.72. The SMILES string of the molecule is CCNC(=O)/C(C#N)=c1\s/c(=C/Nc2cccc(OCCN(C)C)c2)c(=O)n1CC. The van der Waals surface area contributed by atoms with Gasteiger partial charge < -0.3 is 20.3 Å². The fourth-order valence-electron chi connectivity index (χ4n) is 2.61. The van der Waals surface area contributed by atoms with Gasteiger partial charge in [-0.3, -0.25) is 14.2 Å². The molecule has 1 aromatic carbocycles. The van der Waals surface area contributed by atoms with Crippen LogP contribution in [0.1, 0.15) is 13.8 Å². The van der Waals surface area contributed by atoms with Crippen LogP contribution in [0.15, 0.2) is 29.1 Å². The summed E-state index contributed by atoms with van der Waals surface area (Å²) in [6.07, 6.45) is 1.59. The molecule has 160 valence electrons. The van der Waals surface area contributed by atoms with E-state index in [1.54, 1.807) is 20.0 Å². The number of carbonyl (C=O) groups is 1. The molecule has 2 rings (SSSR count). The number of hydrogen-bond donors (Lipinski definition) is 2. The van der Waals surface area contributed by atoms with Crippen molar-refractivity contribution in [2.24, 2.45) is 0 Å². The average molecular weight is 430 g/mol. The fourth-order valence-corrected chi connectivity index (χ4v) is 3.69. The Balaban J connectivity index is 2.35. The molecule has 2 N–H and O–H groups in total. The van der Waals surface area contributed by atoms with Crippen molar-refractivity contribution in [1.29, 1.82) is 5.26 Å². The summed E-state index contributed by atoms with van der Waals surface area (Å²) >= 11 is 1.11. The second-order valence-electron chi connectivity index (χ2n) is 6.64. The number of aromatic nitrogens is 1. The molecule has 0 bridgehead atoms. The van der Waals surface area contributed by atoms with Gasteiger partial charge in [-0.15, -0.1) is 11.3 Å². The number of amides is 1. The zero-order chi connectivity index (χ0) is 22.1. The Bertz CT molecular complexity index is 1100. The number of nitrogens with zero attached hydrogens (tertiary/aromatic N) is 3. The molecule has 0 unspecified atom stereocenters. The molecule has 0 radical (unpaired) electrons. The van der Waals surface area contributed by atoms with E-state index in [1.807, 2.05) is 49.3 Å². The van der Waals surface area contributed by atoms with Crippen LogP contribution in [0, 0.1) is 11.3 Å². The predicted molar refractivity (Wildman–Crippen MR) is 120 cm³/mol. The van der Waals surface area contributed by atoms with E-state index in [2.05, 4.69) is 10.6 Å². The molecule has 1 aromatic heterocycles. The quantitative estimate of drug-likeness (QED) is 0.603. The standard InChI is InChI=1S/C21H27N5O3S/c1-5-23-19(27)17(13-22)21-26(6-2)20(28)18(30-21)14-24-15-8-7-9-16(12-15)29-11-10-25(3)4/h7-9,12,14,24H,5-6,10-11H2,1-4H3,(H,23,27)/b18-14+,21-17-. The Morgan fingerprint density at radius 1 is 1.37 bits per heavy atom. The number of likely N-dealkylation sites (N-methyl/N-ethyl adjacent to an activating group) is 1. The smallest absolute Gasteiger partial charge is 0.270 e. The zero-order valence-electron chi connectivity index (χ0n) is 17.7. The summed E-state index contributed by atoms with van der Waals surface area (Å²) in [4.78, 5) is 27.0. The predicted octanol–water partition coefficient (Wildman–Crippen LogP) is 0.531. The van der Waals surface area contributed by atoms with Crippen LogP contribution in [-0.4, -0.2) is 49.2 Å². The molecule has 0 saturated carbocycles. The van der Waals surface area contributed by atoms with Gasteiger partial charge in [0.1, 0.15) is 27.6 Å². The number of hydrogen-bond acceptors (Lipinski definition) is 7. The van der Waals surface area contributed by atoms with Crippen LogP contribution in [0.5, 0.6) is 5.75 Å². The average Bonchev–Trinajstić information content (AvgIpc) is 3.02. The summed E-state index contributed by atoms with van der Waals surface area (Å²) < 4.78 is 7.92. The molecule has 0 atom stereocenters. The van der Waals surface area contributed by atoms with Crippen LogP contribution >= 0.6 is 11.3 Å². The van der Waals surface area contributed by atoms with Crippen LogP contribution in [0.4, 0.5) is 5.69 Å². The Labute approximate surface area is 179 Å². The first-order chi connectivity index (χ1) is 14.4. The molecule has 0 spiro atoms. The van der Waals surface area contributed by atoms with Gasteiger partial charge in [0.25, 0.3) is 11.5 Å². The van der Waals surface area contributed by atoms with Crippen LogP contribution < -0.4 is 30.1 Å². The molecule has 2 aromatic rings. The molecule has 0 aliphatic carbocycles. The lowest BCUT2D eigenvalue weighted by Crippen LogP contribution is -2.34. The number of anilines is 1. The lowest BCUT2D eigenvalue weighted by molar-refractivity contribution is -0.115. The molecule has 0 fully saturated rings. The van der Waals surface area contributed by atoms with E-state index in [9.17, 15) is 14.9 Å². The topological polar surface area (TPSA) is 99.4 Å². The van der Waals surface area contributed by atoms with Gasteiger partial charge in [0, 0.05) is 37.6 Å². The van der Waals surface area contributed by atoms with Crippen molar-refractivity contribution in [2.75, 3.05) is 39.1 Å². The van der Waals surface area contributed by atoms with E-state index in [4.69, 9.17) is 4.74 Å². The number of carbonyl (C=O) groups excluding carboxylic acids is 1. The molecular formula is C21H27N5O3S. The van der Waals surface area contributed by atoms with Gasteiger partial charge in [0.05, 0.1) is 0 Å². The molecule has 8 nitrogen and oxygen atoms in total. The Kier molecular flexibility index (Phi) is 8.65. The minimum Gasteiger partial charge on any atom is -0.492 e. The minimum atomic E-state index is -0.481. The van der Waals surface area contributed by atoms with Gasteiger partial charge >= 0.3 is 0 Å². The highest BCUT2D eigenvalue weighted by molar-refractivity contribution is 7.07. The Hall–Kier alpha value is -3.09. The van der Waals surface area contributed by atoms with E-state index >= 15 is 0 Å². The van der Waals surface area contributed by atoms with Crippen molar-refractivity contribution in [2.45, 2.75) is 20.4 Å². The summed E-state index contributed by atoms with van der Waals surface area (Å²) in [6, 6.07) is 9.37. The van der Waals surface area contributed by atoms with E-state index in [-0.39, 0.29) is 11.1 Å². The highest BCUT2D eigenvalue weighted by Gasteiger charge is 2.14. The van der Waals surface area contributed by atoms with Gasteiger partial charge in [-0.2, -0.15) is 5.26 Å². The van der Waals surface area contributed by atoms with Crippen molar-refractivity contribution in [3.8, 4) is 11.8 Å². The van der Waals surface area contributed by atoms with Gasteiger partial charge in [-0.1, -0.05) is 6.07 Å². The maximum absolute atomic E-state index is 12.7. The maximum Gasteiger partial charge on any atom is 0.270 e. The first-order valence-corrected chi connectivity index (χ1v) is 10.5. The Morgan fingerprint density at radius 3 is 2.77 bits per heavy atom. The van der Waals surface area contributed by atoms with Gasteiger partial charge in [-0.05, 0) is 40.1 Å². The van der Waals surface area contributed by atoms with E-state index in [0.29, 0.717) is 28.9 Å². The first-order valence-electron chi connectivity index (χ1n) is 9.67. The number of ether oxygens (including phenoxy) is 1. The van der Waals surface area contributed by atoms with Crippen molar-refractivity contribution in [3.63, 3.8) is 0 Å². The summed E-state index contributed by atoms with van der Waals surface area (Å²) in [5.74, 6) is 0.245. The Morgan fingerprint density at radius 2 is 2.13 bits per heavy atom. The summed E-state index contributed by atoms with van der Waals surface area (Å²) in [5, 5.41) is 15.2. The number of thiazole rings is 1. The largest absolute Gasteiger partial charge is 0.492 e.